The van der Waals surface area contributed by atoms with Crippen LogP contribution >= 0.6 is 22.9 Å². The predicted molar refractivity (Wildman–Crippen MR) is 89.8 cm³/mol. The SMILES string of the molecule is CCCNC(Cc1ccc(CC)s1)c1cc(Cl)ccc1F. The summed E-state index contributed by atoms with van der Waals surface area (Å²) in [7, 11) is 0. The third-order valence-corrected chi connectivity index (χ3v) is 4.93. The van der Waals surface area contributed by atoms with Crippen molar-refractivity contribution in [1.82, 2.24) is 5.32 Å². The van der Waals surface area contributed by atoms with Crippen molar-refractivity contribution >= 4 is 22.9 Å². The third-order valence-electron chi connectivity index (χ3n) is 3.45. The largest absolute Gasteiger partial charge is 0.310 e. The maximum absolute atomic E-state index is 14.1. The lowest BCUT2D eigenvalue weighted by Crippen LogP contribution is -2.24. The molecule has 1 heterocycles. The summed E-state index contributed by atoms with van der Waals surface area (Å²) in [5.41, 5.74) is 0.655. The molecule has 1 nitrogen and oxygen atoms in total. The highest BCUT2D eigenvalue weighted by atomic mass is 35.5. The van der Waals surface area contributed by atoms with Gasteiger partial charge in [-0.05, 0) is 49.7 Å². The highest BCUT2D eigenvalue weighted by Gasteiger charge is 2.17. The Hall–Kier alpha value is -0.900. The quantitative estimate of drug-likeness (QED) is 0.720. The van der Waals surface area contributed by atoms with Crippen LogP contribution in [0.15, 0.2) is 30.3 Å². The lowest BCUT2D eigenvalue weighted by molar-refractivity contribution is 0.499. The summed E-state index contributed by atoms with van der Waals surface area (Å²) in [5, 5.41) is 4.02. The Labute approximate surface area is 135 Å². The Morgan fingerprint density at radius 2 is 1.95 bits per heavy atom. The van der Waals surface area contributed by atoms with Gasteiger partial charge in [-0.3, -0.25) is 0 Å². The van der Waals surface area contributed by atoms with Gasteiger partial charge in [-0.25, -0.2) is 4.39 Å². The van der Waals surface area contributed by atoms with Crippen molar-refractivity contribution < 1.29 is 4.39 Å². The minimum Gasteiger partial charge on any atom is -0.310 e. The number of thiophene rings is 1. The lowest BCUT2D eigenvalue weighted by Gasteiger charge is -2.19. The Bertz CT molecular complexity index is 582. The molecule has 0 amide bonds. The molecule has 0 aliphatic rings. The smallest absolute Gasteiger partial charge is 0.128 e. The monoisotopic (exact) mass is 325 g/mol. The maximum atomic E-state index is 14.1. The van der Waals surface area contributed by atoms with Crippen molar-refractivity contribution in [2.45, 2.75) is 39.2 Å². The maximum Gasteiger partial charge on any atom is 0.128 e. The van der Waals surface area contributed by atoms with Gasteiger partial charge in [0, 0.05) is 32.8 Å². The van der Waals surface area contributed by atoms with Crippen LogP contribution in [0.25, 0.3) is 0 Å². The number of hydrogen-bond donors (Lipinski definition) is 1. The van der Waals surface area contributed by atoms with Crippen molar-refractivity contribution in [3.8, 4) is 0 Å². The second kappa shape index (κ2) is 7.92. The molecule has 0 fully saturated rings. The highest BCUT2D eigenvalue weighted by molar-refractivity contribution is 7.11. The fourth-order valence-corrected chi connectivity index (χ4v) is 3.50. The van der Waals surface area contributed by atoms with Gasteiger partial charge in [-0.2, -0.15) is 0 Å². The van der Waals surface area contributed by atoms with Gasteiger partial charge < -0.3 is 5.32 Å². The van der Waals surface area contributed by atoms with Crippen molar-refractivity contribution in [2.75, 3.05) is 6.54 Å². The minimum absolute atomic E-state index is 0.0352. The average molecular weight is 326 g/mol. The van der Waals surface area contributed by atoms with Crippen LogP contribution in [0.3, 0.4) is 0 Å². The van der Waals surface area contributed by atoms with Gasteiger partial charge in [0.1, 0.15) is 5.82 Å². The van der Waals surface area contributed by atoms with Crippen molar-refractivity contribution in [2.24, 2.45) is 0 Å². The fourth-order valence-electron chi connectivity index (χ4n) is 2.32. The zero-order chi connectivity index (χ0) is 15.2. The first-order valence-corrected chi connectivity index (χ1v) is 8.59. The van der Waals surface area contributed by atoms with Crippen LogP contribution in [0.1, 0.15) is 41.6 Å². The molecule has 1 unspecified atom stereocenters. The van der Waals surface area contributed by atoms with Gasteiger partial charge in [-0.1, -0.05) is 25.4 Å². The zero-order valence-electron chi connectivity index (χ0n) is 12.5. The summed E-state index contributed by atoms with van der Waals surface area (Å²) >= 11 is 7.84. The van der Waals surface area contributed by atoms with Crippen LogP contribution < -0.4 is 5.32 Å². The molecular weight excluding hydrogens is 305 g/mol. The van der Waals surface area contributed by atoms with E-state index >= 15 is 0 Å². The minimum atomic E-state index is -0.194. The Balaban J connectivity index is 2.22. The van der Waals surface area contributed by atoms with E-state index < -0.39 is 0 Å². The number of aryl methyl sites for hydroxylation is 1. The van der Waals surface area contributed by atoms with Crippen LogP contribution in [0.4, 0.5) is 4.39 Å². The summed E-state index contributed by atoms with van der Waals surface area (Å²) in [6.45, 7) is 5.13. The first-order valence-electron chi connectivity index (χ1n) is 7.40. The topological polar surface area (TPSA) is 12.0 Å². The van der Waals surface area contributed by atoms with Gasteiger partial charge >= 0.3 is 0 Å². The molecule has 1 aromatic carbocycles. The van der Waals surface area contributed by atoms with Gasteiger partial charge in [0.25, 0.3) is 0 Å². The molecule has 0 saturated heterocycles. The van der Waals surface area contributed by atoms with Crippen molar-refractivity contribution in [3.63, 3.8) is 0 Å². The molecule has 0 aliphatic carbocycles. The van der Waals surface area contributed by atoms with E-state index in [1.165, 1.54) is 15.8 Å². The first kappa shape index (κ1) is 16.5. The molecule has 114 valence electrons. The van der Waals surface area contributed by atoms with Crippen molar-refractivity contribution in [1.29, 1.82) is 0 Å². The molecular formula is C17H21ClFNS. The van der Waals surface area contributed by atoms with Crippen LogP contribution in [0.5, 0.6) is 0 Å². The average Bonchev–Trinajstić information content (AvgIpc) is 2.94. The van der Waals surface area contributed by atoms with Crippen LogP contribution in [0.2, 0.25) is 5.02 Å². The van der Waals surface area contributed by atoms with E-state index in [0.717, 1.165) is 25.8 Å². The first-order chi connectivity index (χ1) is 10.1. The van der Waals surface area contributed by atoms with Crippen LogP contribution in [0, 0.1) is 5.82 Å². The molecule has 1 N–H and O–H groups in total. The van der Waals surface area contributed by atoms with E-state index in [1.54, 1.807) is 23.5 Å². The van der Waals surface area contributed by atoms with Crippen LogP contribution in [-0.2, 0) is 12.8 Å². The Morgan fingerprint density at radius 3 is 2.62 bits per heavy atom. The van der Waals surface area contributed by atoms with E-state index in [9.17, 15) is 4.39 Å². The summed E-state index contributed by atoms with van der Waals surface area (Å²) in [5.74, 6) is -0.194. The summed E-state index contributed by atoms with van der Waals surface area (Å²) in [6.07, 6.45) is 2.86. The molecule has 21 heavy (non-hydrogen) atoms. The predicted octanol–water partition coefficient (Wildman–Crippen LogP) is 5.39. The lowest BCUT2D eigenvalue weighted by atomic mass is 10.0. The molecule has 0 spiro atoms. The molecule has 0 aliphatic heterocycles. The second-order valence-corrected chi connectivity index (χ2v) is 6.79. The van der Waals surface area contributed by atoms with Crippen LogP contribution in [-0.4, -0.2) is 6.54 Å². The molecule has 0 radical (unpaired) electrons. The normalized spacial score (nSPS) is 12.6. The molecule has 2 aromatic rings. The standard InChI is InChI=1S/C17H21ClFNS/c1-3-9-20-17(11-14-7-6-13(4-2)21-14)15-10-12(18)5-8-16(15)19/h5-8,10,17,20H,3-4,9,11H2,1-2H3. The molecule has 4 heteroatoms. The molecule has 2 rings (SSSR count). The van der Waals surface area contributed by atoms with E-state index in [0.29, 0.717) is 10.6 Å². The Kier molecular flexibility index (Phi) is 6.22. The third kappa shape index (κ3) is 4.53. The number of benzene rings is 1. The van der Waals surface area contributed by atoms with Gasteiger partial charge in [-0.15, -0.1) is 11.3 Å². The molecule has 0 bridgehead atoms. The van der Waals surface area contributed by atoms with E-state index in [-0.39, 0.29) is 11.9 Å². The summed E-state index contributed by atoms with van der Waals surface area (Å²) in [6, 6.07) is 9.05. The molecule has 1 atom stereocenters. The zero-order valence-corrected chi connectivity index (χ0v) is 14.0. The van der Waals surface area contributed by atoms with E-state index in [2.05, 4.69) is 31.3 Å². The Morgan fingerprint density at radius 1 is 1.19 bits per heavy atom. The second-order valence-electron chi connectivity index (χ2n) is 5.10. The molecule has 0 saturated carbocycles. The van der Waals surface area contributed by atoms with Crippen molar-refractivity contribution in [3.05, 3.63) is 56.5 Å². The van der Waals surface area contributed by atoms with E-state index in [1.807, 2.05) is 0 Å². The number of hydrogen-bond acceptors (Lipinski definition) is 2. The van der Waals surface area contributed by atoms with Gasteiger partial charge in [0.15, 0.2) is 0 Å². The van der Waals surface area contributed by atoms with Gasteiger partial charge in [0.2, 0.25) is 0 Å². The summed E-state index contributed by atoms with van der Waals surface area (Å²) < 4.78 is 14.1. The van der Waals surface area contributed by atoms with E-state index in [4.69, 9.17) is 11.6 Å². The molecule has 1 aromatic heterocycles. The number of rotatable bonds is 7. The highest BCUT2D eigenvalue weighted by Crippen LogP contribution is 2.27. The number of halogens is 2. The van der Waals surface area contributed by atoms with Gasteiger partial charge in [0.05, 0.1) is 0 Å². The number of nitrogens with one attached hydrogen (secondary N) is 1. The summed E-state index contributed by atoms with van der Waals surface area (Å²) in [4.78, 5) is 2.64. The fraction of sp³-hybridized carbons (Fsp3) is 0.412.